The smallest absolute Gasteiger partial charge is 0.260 e. The first-order chi connectivity index (χ1) is 12.2. The lowest BCUT2D eigenvalue weighted by atomic mass is 9.85. The van der Waals surface area contributed by atoms with Crippen molar-refractivity contribution in [3.05, 3.63) is 45.8 Å². The molecule has 2 aromatic rings. The van der Waals surface area contributed by atoms with Crippen LogP contribution >= 0.6 is 11.3 Å². The molecule has 3 rings (SSSR count). The summed E-state index contributed by atoms with van der Waals surface area (Å²) in [6.07, 6.45) is 5.50. The molecule has 0 spiro atoms. The molecule has 1 atom stereocenters. The van der Waals surface area contributed by atoms with Gasteiger partial charge in [0.15, 0.2) is 0 Å². The van der Waals surface area contributed by atoms with Crippen LogP contribution in [0.4, 0.5) is 5.00 Å². The van der Waals surface area contributed by atoms with Crippen molar-refractivity contribution in [1.29, 1.82) is 5.26 Å². The zero-order valence-electron chi connectivity index (χ0n) is 14.6. The van der Waals surface area contributed by atoms with Gasteiger partial charge in [-0.15, -0.1) is 11.3 Å². The topological polar surface area (TPSA) is 62.1 Å². The van der Waals surface area contributed by atoms with Gasteiger partial charge in [0.25, 0.3) is 5.91 Å². The number of carbonyl (C=O) groups is 1. The van der Waals surface area contributed by atoms with Crippen LogP contribution in [0.3, 0.4) is 0 Å². The zero-order valence-corrected chi connectivity index (χ0v) is 15.4. The molecule has 25 heavy (non-hydrogen) atoms. The van der Waals surface area contributed by atoms with E-state index < -0.39 is 0 Å². The maximum absolute atomic E-state index is 12.6. The van der Waals surface area contributed by atoms with E-state index in [0.717, 1.165) is 24.8 Å². The van der Waals surface area contributed by atoms with E-state index in [9.17, 15) is 10.1 Å². The first kappa shape index (κ1) is 17.5. The number of hydrogen-bond donors (Lipinski definition) is 1. The monoisotopic (exact) mass is 354 g/mol. The lowest BCUT2D eigenvalue weighted by Crippen LogP contribution is -2.13. The van der Waals surface area contributed by atoms with Crippen LogP contribution in [0.2, 0.25) is 0 Å². The molecule has 1 aromatic carbocycles. The highest BCUT2D eigenvalue weighted by Gasteiger charge is 2.26. The maximum atomic E-state index is 12.6. The van der Waals surface area contributed by atoms with E-state index in [1.54, 1.807) is 36.6 Å². The minimum Gasteiger partial charge on any atom is -0.496 e. The molecule has 1 aliphatic rings. The fourth-order valence-corrected chi connectivity index (χ4v) is 4.83. The third-order valence-electron chi connectivity index (χ3n) is 4.75. The fourth-order valence-electron chi connectivity index (χ4n) is 3.52. The van der Waals surface area contributed by atoms with Crippen molar-refractivity contribution >= 4 is 22.2 Å². The largest absolute Gasteiger partial charge is 0.496 e. The number of methoxy groups -OCH3 is 1. The fraction of sp³-hybridized carbons (Fsp3) is 0.400. The van der Waals surface area contributed by atoms with Gasteiger partial charge < -0.3 is 10.1 Å². The number of amides is 1. The number of nitrogens with one attached hydrogen (secondary N) is 1. The molecule has 0 saturated carbocycles. The van der Waals surface area contributed by atoms with Gasteiger partial charge in [0, 0.05) is 4.88 Å². The molecule has 5 heteroatoms. The maximum Gasteiger partial charge on any atom is 0.260 e. The number of hydrogen-bond acceptors (Lipinski definition) is 4. The van der Waals surface area contributed by atoms with E-state index in [0.29, 0.717) is 27.8 Å². The summed E-state index contributed by atoms with van der Waals surface area (Å²) in [7, 11) is 1.55. The number of fused-ring (bicyclic) bond motifs is 1. The number of carbonyl (C=O) groups excluding carboxylic acids is 1. The van der Waals surface area contributed by atoms with Gasteiger partial charge in [0.1, 0.15) is 16.8 Å². The standard InChI is InChI=1S/C20H22N2O2S/c1-3-6-13-9-10-14-16(12-21)20(25-18(14)11-13)22-19(23)15-7-4-5-8-17(15)24-2/h4-5,7-8,13H,3,6,9-11H2,1-2H3,(H,22,23)/t13-/m1/s1. The molecule has 0 fully saturated rings. The Morgan fingerprint density at radius 3 is 2.96 bits per heavy atom. The number of benzene rings is 1. The van der Waals surface area contributed by atoms with Crippen LogP contribution in [0, 0.1) is 17.2 Å². The molecule has 1 amide bonds. The van der Waals surface area contributed by atoms with Gasteiger partial charge in [0.05, 0.1) is 18.2 Å². The van der Waals surface area contributed by atoms with E-state index >= 15 is 0 Å². The first-order valence-electron chi connectivity index (χ1n) is 8.66. The first-order valence-corrected chi connectivity index (χ1v) is 9.48. The second kappa shape index (κ2) is 7.71. The van der Waals surface area contributed by atoms with Gasteiger partial charge in [-0.1, -0.05) is 31.9 Å². The van der Waals surface area contributed by atoms with Crippen LogP contribution in [-0.4, -0.2) is 13.0 Å². The van der Waals surface area contributed by atoms with Gasteiger partial charge in [-0.2, -0.15) is 5.26 Å². The van der Waals surface area contributed by atoms with Crippen LogP contribution in [-0.2, 0) is 12.8 Å². The van der Waals surface area contributed by atoms with Crippen molar-refractivity contribution in [2.45, 2.75) is 39.0 Å². The van der Waals surface area contributed by atoms with Crippen LogP contribution in [0.15, 0.2) is 24.3 Å². The Hall–Kier alpha value is -2.32. The molecule has 1 heterocycles. The highest BCUT2D eigenvalue weighted by molar-refractivity contribution is 7.16. The number of ether oxygens (including phenoxy) is 1. The number of anilines is 1. The van der Waals surface area contributed by atoms with Gasteiger partial charge in [-0.3, -0.25) is 4.79 Å². The normalized spacial score (nSPS) is 16.0. The number of rotatable bonds is 5. The molecule has 0 unspecified atom stereocenters. The molecule has 0 radical (unpaired) electrons. The third-order valence-corrected chi connectivity index (χ3v) is 5.92. The molecule has 1 aliphatic carbocycles. The molecular weight excluding hydrogens is 332 g/mol. The Labute approximate surface area is 152 Å². The van der Waals surface area contributed by atoms with Crippen molar-refractivity contribution in [2.75, 3.05) is 12.4 Å². The van der Waals surface area contributed by atoms with Gasteiger partial charge in [0.2, 0.25) is 0 Å². The Morgan fingerprint density at radius 2 is 2.24 bits per heavy atom. The van der Waals surface area contributed by atoms with Crippen LogP contribution < -0.4 is 10.1 Å². The number of nitrogens with zero attached hydrogens (tertiary/aromatic N) is 1. The summed E-state index contributed by atoms with van der Waals surface area (Å²) in [5, 5.41) is 13.2. The Kier molecular flexibility index (Phi) is 5.40. The van der Waals surface area contributed by atoms with E-state index in [2.05, 4.69) is 18.3 Å². The molecular formula is C20H22N2O2S. The summed E-state index contributed by atoms with van der Waals surface area (Å²) in [5.74, 6) is 0.987. The average Bonchev–Trinajstić information content (AvgIpc) is 2.98. The molecule has 4 nitrogen and oxygen atoms in total. The van der Waals surface area contributed by atoms with E-state index in [1.807, 2.05) is 6.07 Å². The van der Waals surface area contributed by atoms with E-state index in [-0.39, 0.29) is 5.91 Å². The predicted octanol–water partition coefficient (Wildman–Crippen LogP) is 4.79. The average molecular weight is 354 g/mol. The molecule has 1 aromatic heterocycles. The van der Waals surface area contributed by atoms with Crippen molar-refractivity contribution in [2.24, 2.45) is 5.92 Å². The summed E-state index contributed by atoms with van der Waals surface area (Å²) in [6, 6.07) is 9.42. The summed E-state index contributed by atoms with van der Waals surface area (Å²) < 4.78 is 5.26. The second-order valence-electron chi connectivity index (χ2n) is 6.37. The van der Waals surface area contributed by atoms with Gasteiger partial charge >= 0.3 is 0 Å². The SMILES string of the molecule is CCC[C@@H]1CCc2c(sc(NC(=O)c3ccccc3OC)c2C#N)C1. The Morgan fingerprint density at radius 1 is 1.44 bits per heavy atom. The zero-order chi connectivity index (χ0) is 17.8. The van der Waals surface area contributed by atoms with Gasteiger partial charge in [-0.05, 0) is 42.9 Å². The lowest BCUT2D eigenvalue weighted by Gasteiger charge is -2.21. The van der Waals surface area contributed by atoms with Gasteiger partial charge in [-0.25, -0.2) is 0 Å². The number of nitriles is 1. The minimum atomic E-state index is -0.238. The molecule has 0 saturated heterocycles. The quantitative estimate of drug-likeness (QED) is 0.840. The molecule has 1 N–H and O–H groups in total. The van der Waals surface area contributed by atoms with Crippen LogP contribution in [0.25, 0.3) is 0 Å². The van der Waals surface area contributed by atoms with Crippen LogP contribution in [0.5, 0.6) is 5.75 Å². The molecule has 0 aliphatic heterocycles. The molecule has 0 bridgehead atoms. The Bertz CT molecular complexity index is 820. The van der Waals surface area contributed by atoms with E-state index in [1.165, 1.54) is 17.7 Å². The van der Waals surface area contributed by atoms with Crippen molar-refractivity contribution in [1.82, 2.24) is 0 Å². The highest BCUT2D eigenvalue weighted by atomic mass is 32.1. The number of para-hydroxylation sites is 1. The van der Waals surface area contributed by atoms with Crippen molar-refractivity contribution < 1.29 is 9.53 Å². The van der Waals surface area contributed by atoms with E-state index in [4.69, 9.17) is 4.74 Å². The number of thiophene rings is 1. The summed E-state index contributed by atoms with van der Waals surface area (Å²) >= 11 is 1.56. The van der Waals surface area contributed by atoms with Crippen molar-refractivity contribution in [3.8, 4) is 11.8 Å². The second-order valence-corrected chi connectivity index (χ2v) is 7.48. The lowest BCUT2D eigenvalue weighted by molar-refractivity contribution is 0.102. The predicted molar refractivity (Wildman–Crippen MR) is 100 cm³/mol. The third kappa shape index (κ3) is 3.54. The minimum absolute atomic E-state index is 0.238. The summed E-state index contributed by atoms with van der Waals surface area (Å²) in [4.78, 5) is 13.9. The van der Waals surface area contributed by atoms with Crippen LogP contribution in [0.1, 0.15) is 52.5 Å². The Balaban J connectivity index is 1.86. The highest BCUT2D eigenvalue weighted by Crippen LogP contribution is 2.40. The van der Waals surface area contributed by atoms with Crippen molar-refractivity contribution in [3.63, 3.8) is 0 Å². The summed E-state index contributed by atoms with van der Waals surface area (Å²) in [6.45, 7) is 2.21. The molecule has 130 valence electrons. The summed E-state index contributed by atoms with van der Waals surface area (Å²) in [5.41, 5.74) is 2.25.